The Bertz CT molecular complexity index is 1550. The number of aromatic nitrogens is 1. The fraction of sp³-hybridized carbons (Fsp3) is 0.0741. The number of hydrogen-bond acceptors (Lipinski definition) is 5. The van der Waals surface area contributed by atoms with Crippen molar-refractivity contribution in [3.8, 4) is 11.1 Å². The van der Waals surface area contributed by atoms with Crippen LogP contribution in [0.3, 0.4) is 0 Å². The maximum atomic E-state index is 12.9. The van der Waals surface area contributed by atoms with Gasteiger partial charge < -0.3 is 10.4 Å². The molecule has 9 nitrogen and oxygen atoms in total. The first kappa shape index (κ1) is 26.6. The molecule has 4 aromatic rings. The minimum absolute atomic E-state index is 0.00453. The maximum Gasteiger partial charge on any atom is 0.409 e. The van der Waals surface area contributed by atoms with Crippen LogP contribution in [0.1, 0.15) is 17.3 Å². The molecule has 0 radical (unpaired) electrons. The topological polar surface area (TPSA) is 137 Å². The van der Waals surface area contributed by atoms with Crippen molar-refractivity contribution in [2.45, 2.75) is 17.4 Å². The molecule has 0 aliphatic rings. The van der Waals surface area contributed by atoms with E-state index in [9.17, 15) is 18.0 Å². The summed E-state index contributed by atoms with van der Waals surface area (Å²) in [5.74, 6) is 0. The predicted molar refractivity (Wildman–Crippen MR) is 145 cm³/mol. The van der Waals surface area contributed by atoms with Crippen LogP contribution in [0.4, 0.5) is 15.3 Å². The Kier molecular flexibility index (Phi) is 8.25. The van der Waals surface area contributed by atoms with Crippen molar-refractivity contribution in [2.75, 3.05) is 5.32 Å². The zero-order valence-electron chi connectivity index (χ0n) is 19.8. The number of nitrogens with zero attached hydrogens (tertiary/aromatic N) is 1. The highest BCUT2D eigenvalue weighted by Gasteiger charge is 2.24. The number of carbonyl (C=O) groups excluding carboxylic acids is 1. The number of carboxylic acid groups (broad SMARTS) is 1. The molecule has 4 rings (SSSR count). The summed E-state index contributed by atoms with van der Waals surface area (Å²) in [4.78, 5) is 28.1. The highest BCUT2D eigenvalue weighted by atomic mass is 35.5. The van der Waals surface area contributed by atoms with Crippen LogP contribution in [-0.2, 0) is 16.4 Å². The van der Waals surface area contributed by atoms with Crippen molar-refractivity contribution in [3.63, 3.8) is 0 Å². The van der Waals surface area contributed by atoms with Gasteiger partial charge in [-0.1, -0.05) is 72.3 Å². The van der Waals surface area contributed by atoms with Crippen LogP contribution in [-0.4, -0.2) is 30.6 Å². The lowest BCUT2D eigenvalue weighted by molar-refractivity contribution is 0.209. The molecule has 0 fully saturated rings. The number of anilines is 1. The second-order valence-corrected chi connectivity index (χ2v) is 10.2. The van der Waals surface area contributed by atoms with E-state index in [2.05, 4.69) is 15.6 Å². The number of benzene rings is 3. The van der Waals surface area contributed by atoms with E-state index in [0.717, 1.165) is 16.7 Å². The smallest absolute Gasteiger partial charge is 0.409 e. The van der Waals surface area contributed by atoms with Gasteiger partial charge in [-0.3, -0.25) is 10.3 Å². The number of halogens is 1. The molecule has 194 valence electrons. The standard InChI is InChI=1S/C27H23ClN4O5S/c28-22-10-4-5-11-25(22)38(36,37)32-26(33)31-23(19-7-2-1-3-8-19)17-24-21(9-6-16-29-24)18-12-14-20(15-13-18)30-27(34)35/h1-16,23,30H,17H2,(H,34,35)(H2,31,32,33). The largest absolute Gasteiger partial charge is 0.465 e. The molecule has 3 aromatic carbocycles. The molecule has 1 aromatic heterocycles. The number of nitrogens with one attached hydrogen (secondary N) is 3. The molecule has 1 atom stereocenters. The van der Waals surface area contributed by atoms with E-state index in [0.29, 0.717) is 11.4 Å². The van der Waals surface area contributed by atoms with Crippen molar-refractivity contribution >= 4 is 39.4 Å². The lowest BCUT2D eigenvalue weighted by Crippen LogP contribution is -2.41. The fourth-order valence-corrected chi connectivity index (χ4v) is 5.31. The van der Waals surface area contributed by atoms with Gasteiger partial charge in [0.05, 0.1) is 16.8 Å². The summed E-state index contributed by atoms with van der Waals surface area (Å²) in [5, 5.41) is 14.0. The molecule has 4 N–H and O–H groups in total. The molecule has 11 heteroatoms. The Morgan fingerprint density at radius 2 is 1.58 bits per heavy atom. The highest BCUT2D eigenvalue weighted by molar-refractivity contribution is 7.90. The van der Waals surface area contributed by atoms with E-state index < -0.39 is 28.2 Å². The molecule has 38 heavy (non-hydrogen) atoms. The van der Waals surface area contributed by atoms with Gasteiger partial charge in [-0.05, 0) is 41.5 Å². The molecule has 1 unspecified atom stereocenters. The molecule has 0 bridgehead atoms. The third-order valence-electron chi connectivity index (χ3n) is 5.60. The second kappa shape index (κ2) is 11.8. The van der Waals surface area contributed by atoms with Crippen molar-refractivity contribution in [1.29, 1.82) is 0 Å². The molecule has 0 spiro atoms. The van der Waals surface area contributed by atoms with E-state index in [1.165, 1.54) is 18.2 Å². The van der Waals surface area contributed by atoms with Crippen LogP contribution in [0, 0.1) is 0 Å². The number of hydrogen-bond donors (Lipinski definition) is 4. The first-order valence-corrected chi connectivity index (χ1v) is 13.3. The van der Waals surface area contributed by atoms with Gasteiger partial charge in [-0.25, -0.2) is 22.7 Å². The summed E-state index contributed by atoms with van der Waals surface area (Å²) >= 11 is 6.02. The Morgan fingerprint density at radius 1 is 0.895 bits per heavy atom. The van der Waals surface area contributed by atoms with Crippen molar-refractivity contribution in [3.05, 3.63) is 113 Å². The monoisotopic (exact) mass is 550 g/mol. The van der Waals surface area contributed by atoms with Gasteiger partial charge in [0.25, 0.3) is 10.0 Å². The minimum atomic E-state index is -4.21. The SMILES string of the molecule is O=C(O)Nc1ccc(-c2cccnc2CC(NC(=O)NS(=O)(=O)c2ccccc2Cl)c2ccccc2)cc1. The van der Waals surface area contributed by atoms with Crippen LogP contribution in [0.15, 0.2) is 102 Å². The number of carbonyl (C=O) groups is 2. The third kappa shape index (κ3) is 6.67. The van der Waals surface area contributed by atoms with Crippen molar-refractivity contribution in [2.24, 2.45) is 0 Å². The number of amides is 3. The number of sulfonamides is 1. The summed E-state index contributed by atoms with van der Waals surface area (Å²) in [6.45, 7) is 0. The van der Waals surface area contributed by atoms with E-state index in [1.807, 2.05) is 41.1 Å². The number of pyridine rings is 1. The third-order valence-corrected chi connectivity index (χ3v) is 7.43. The molecule has 0 saturated heterocycles. The van der Waals surface area contributed by atoms with Gasteiger partial charge in [0, 0.05) is 23.9 Å². The van der Waals surface area contributed by atoms with E-state index in [-0.39, 0.29) is 16.3 Å². The van der Waals surface area contributed by atoms with E-state index in [4.69, 9.17) is 16.7 Å². The normalized spacial score (nSPS) is 11.8. The van der Waals surface area contributed by atoms with Gasteiger partial charge in [0.2, 0.25) is 0 Å². The van der Waals surface area contributed by atoms with Crippen molar-refractivity contribution < 1.29 is 23.1 Å². The van der Waals surface area contributed by atoms with Crippen LogP contribution >= 0.6 is 11.6 Å². The van der Waals surface area contributed by atoms with Crippen LogP contribution in [0.25, 0.3) is 11.1 Å². The average Bonchev–Trinajstić information content (AvgIpc) is 2.89. The summed E-state index contributed by atoms with van der Waals surface area (Å²) in [6, 6.07) is 23.8. The second-order valence-electron chi connectivity index (χ2n) is 8.18. The summed E-state index contributed by atoms with van der Waals surface area (Å²) in [5.41, 5.74) is 3.39. The molecule has 1 heterocycles. The van der Waals surface area contributed by atoms with Gasteiger partial charge in [0.15, 0.2) is 0 Å². The molecular formula is C27H23ClN4O5S. The minimum Gasteiger partial charge on any atom is -0.465 e. The first-order chi connectivity index (χ1) is 18.2. The lowest BCUT2D eigenvalue weighted by Gasteiger charge is -2.21. The lowest BCUT2D eigenvalue weighted by atomic mass is 9.96. The Labute approximate surface area is 224 Å². The van der Waals surface area contributed by atoms with Crippen LogP contribution in [0.5, 0.6) is 0 Å². The maximum absolute atomic E-state index is 12.9. The van der Waals surface area contributed by atoms with Gasteiger partial charge in [0.1, 0.15) is 4.90 Å². The highest BCUT2D eigenvalue weighted by Crippen LogP contribution is 2.28. The van der Waals surface area contributed by atoms with E-state index in [1.54, 1.807) is 42.6 Å². The van der Waals surface area contributed by atoms with Crippen LogP contribution in [0.2, 0.25) is 5.02 Å². The number of urea groups is 1. The Morgan fingerprint density at radius 3 is 2.26 bits per heavy atom. The predicted octanol–water partition coefficient (Wildman–Crippen LogP) is 5.46. The van der Waals surface area contributed by atoms with Gasteiger partial charge in [-0.2, -0.15) is 0 Å². The fourth-order valence-electron chi connectivity index (χ4n) is 3.88. The zero-order valence-corrected chi connectivity index (χ0v) is 21.4. The van der Waals surface area contributed by atoms with Crippen molar-refractivity contribution in [1.82, 2.24) is 15.0 Å². The quantitative estimate of drug-likeness (QED) is 0.230. The van der Waals surface area contributed by atoms with Gasteiger partial charge in [-0.15, -0.1) is 0 Å². The molecular weight excluding hydrogens is 528 g/mol. The molecule has 0 aliphatic heterocycles. The van der Waals surface area contributed by atoms with Gasteiger partial charge >= 0.3 is 12.1 Å². The van der Waals surface area contributed by atoms with Crippen LogP contribution < -0.4 is 15.4 Å². The average molecular weight is 551 g/mol. The first-order valence-electron chi connectivity index (χ1n) is 11.4. The number of rotatable bonds is 8. The zero-order chi connectivity index (χ0) is 27.1. The van der Waals surface area contributed by atoms with E-state index >= 15 is 0 Å². The Hall–Kier alpha value is -4.41. The molecule has 0 aliphatic carbocycles. The molecule has 0 saturated carbocycles. The summed E-state index contributed by atoms with van der Waals surface area (Å²) in [7, 11) is -4.21. The molecule has 3 amide bonds. The summed E-state index contributed by atoms with van der Waals surface area (Å²) in [6.07, 6.45) is 0.712. The summed E-state index contributed by atoms with van der Waals surface area (Å²) < 4.78 is 27.6. The Balaban J connectivity index is 1.59.